The molecule has 1 aliphatic rings. The van der Waals surface area contributed by atoms with E-state index in [0.29, 0.717) is 11.5 Å². The summed E-state index contributed by atoms with van der Waals surface area (Å²) in [6.07, 6.45) is 1.86. The van der Waals surface area contributed by atoms with Gasteiger partial charge in [-0.15, -0.1) is 0 Å². The monoisotopic (exact) mass is 972 g/mol. The van der Waals surface area contributed by atoms with Gasteiger partial charge in [0, 0.05) is 52.5 Å². The lowest BCUT2D eigenvalue weighted by Crippen LogP contribution is -2.75. The second kappa shape index (κ2) is 18.0. The minimum atomic E-state index is -3.07. The molecule has 0 bridgehead atoms. The van der Waals surface area contributed by atoms with E-state index in [1.807, 2.05) is 42.6 Å². The van der Waals surface area contributed by atoms with E-state index in [0.717, 1.165) is 55.9 Å². The Morgan fingerprint density at radius 2 is 1.07 bits per heavy atom. The zero-order chi connectivity index (χ0) is 50.9. The van der Waals surface area contributed by atoms with Crippen molar-refractivity contribution < 1.29 is 9.13 Å². The molecule has 0 aliphatic carbocycles. The maximum absolute atomic E-state index is 14.9. The number of nitrogens with zero attached hydrogens (tertiary/aromatic N) is 4. The number of aromatic nitrogens is 2. The fourth-order valence-corrected chi connectivity index (χ4v) is 15.5. The molecule has 8 aromatic carbocycles. The lowest BCUT2D eigenvalue weighted by molar-refractivity contribution is 0.483. The molecule has 0 saturated heterocycles. The molecule has 360 valence electrons. The Labute approximate surface area is 429 Å². The van der Waals surface area contributed by atoms with Crippen LogP contribution < -0.4 is 34.6 Å². The number of hydrogen-bond acceptors (Lipinski definition) is 2. The second-order valence-electron chi connectivity index (χ2n) is 22.5. The summed E-state index contributed by atoms with van der Waals surface area (Å²) in [7, 11) is -3.07. The van der Waals surface area contributed by atoms with E-state index in [1.165, 1.54) is 37.9 Å². The standard InChI is InChI=1S/C66H61FN4OSi/c1-64(2,3)45-35-36-68-62(40-45)71-58-34-31-48(67)41-57(58)56-33-32-52(43-60(56)71)72-51-22-19-21-49(42-51)69-44-70(50-38-46(65(4,5)6)37-47(39-50)66(7,8)9)63-59(69)29-20-30-61(63)73(53-23-13-10-14-24-53,54-25-15-11-16-26-54)55-27-17-12-18-28-55/h10-43H,1-9H3/q+2. The van der Waals surface area contributed by atoms with Crippen LogP contribution in [0.5, 0.6) is 11.5 Å². The van der Waals surface area contributed by atoms with Gasteiger partial charge >= 0.3 is 6.01 Å². The summed E-state index contributed by atoms with van der Waals surface area (Å²) in [6.45, 7) is 20.4. The zero-order valence-corrected chi connectivity index (χ0v) is 44.2. The predicted molar refractivity (Wildman–Crippen MR) is 306 cm³/mol. The van der Waals surface area contributed by atoms with Gasteiger partial charge in [0.1, 0.15) is 23.1 Å². The van der Waals surface area contributed by atoms with Crippen molar-refractivity contribution in [2.75, 3.05) is 0 Å². The fraction of sp³-hybridized carbons (Fsp3) is 0.182. The van der Waals surface area contributed by atoms with Gasteiger partial charge in [-0.2, -0.15) is 0 Å². The third-order valence-corrected chi connectivity index (χ3v) is 19.3. The van der Waals surface area contributed by atoms with E-state index in [2.05, 4.69) is 234 Å². The fourth-order valence-electron chi connectivity index (χ4n) is 10.6. The van der Waals surface area contributed by atoms with Gasteiger partial charge in [-0.25, -0.2) is 9.37 Å². The topological polar surface area (TPSA) is 33.1 Å². The van der Waals surface area contributed by atoms with Gasteiger partial charge in [-0.3, -0.25) is 4.57 Å². The van der Waals surface area contributed by atoms with E-state index < -0.39 is 8.07 Å². The molecule has 73 heavy (non-hydrogen) atoms. The first kappa shape index (κ1) is 47.4. The highest BCUT2D eigenvalue weighted by atomic mass is 28.3. The first-order valence-corrected chi connectivity index (χ1v) is 27.3. The zero-order valence-electron chi connectivity index (χ0n) is 43.2. The normalized spacial score (nSPS) is 13.0. The first-order chi connectivity index (χ1) is 35.0. The van der Waals surface area contributed by atoms with Crippen LogP contribution in [-0.4, -0.2) is 23.6 Å². The highest BCUT2D eigenvalue weighted by molar-refractivity contribution is 7.20. The molecular formula is C66H61FN4OSi+2. The molecule has 0 N–H and O–H groups in total. The Morgan fingerprint density at radius 1 is 0.479 bits per heavy atom. The summed E-state index contributed by atoms with van der Waals surface area (Å²) < 4.78 is 28.4. The van der Waals surface area contributed by atoms with Gasteiger partial charge < -0.3 is 4.74 Å². The smallest absolute Gasteiger partial charge is 0.457 e. The van der Waals surface area contributed by atoms with Crippen LogP contribution in [-0.2, 0) is 16.2 Å². The molecule has 5 nitrogen and oxygen atoms in total. The summed E-state index contributed by atoms with van der Waals surface area (Å²) in [5, 5.41) is 6.89. The highest BCUT2D eigenvalue weighted by Gasteiger charge is 2.50. The molecule has 0 fully saturated rings. The van der Waals surface area contributed by atoms with E-state index in [1.54, 1.807) is 6.07 Å². The summed E-state index contributed by atoms with van der Waals surface area (Å²) in [4.78, 5) is 4.85. The molecule has 0 saturated carbocycles. The van der Waals surface area contributed by atoms with Gasteiger partial charge in [0.25, 0.3) is 11.4 Å². The van der Waals surface area contributed by atoms with Gasteiger partial charge in [0.2, 0.25) is 11.4 Å². The lowest BCUT2D eigenvalue weighted by Gasteiger charge is -2.33. The quantitative estimate of drug-likeness (QED) is 0.0820. The van der Waals surface area contributed by atoms with Crippen LogP contribution in [0.3, 0.4) is 0 Å². The van der Waals surface area contributed by atoms with Crippen molar-refractivity contribution in [2.24, 2.45) is 0 Å². The Morgan fingerprint density at radius 3 is 1.67 bits per heavy atom. The predicted octanol–water partition coefficient (Wildman–Crippen LogP) is 14.2. The SMILES string of the molecule is CC(C)(C)c1cc([N+]2=C=[N+](c3cccc(Oc4ccc5c6cc(F)ccc6n(-c6cc(C(C)(C)C)ccn6)c5c4)c3)c3cccc([Si](c4ccccc4)(c4ccccc4)c4ccccc4)c32)cc(C(C)(C)C)c1. The number of halogens is 1. The van der Waals surface area contributed by atoms with Crippen LogP contribution >= 0.6 is 0 Å². The minimum Gasteiger partial charge on any atom is -0.457 e. The number of para-hydroxylation sites is 1. The molecule has 0 atom stereocenters. The molecule has 10 aromatic rings. The number of benzene rings is 8. The second-order valence-corrected chi connectivity index (χ2v) is 26.3. The van der Waals surface area contributed by atoms with Gasteiger partial charge in [0.05, 0.1) is 17.1 Å². The van der Waals surface area contributed by atoms with E-state index >= 15 is 0 Å². The van der Waals surface area contributed by atoms with Crippen molar-refractivity contribution in [3.63, 3.8) is 0 Å². The van der Waals surface area contributed by atoms with Gasteiger partial charge in [-0.1, -0.05) is 178 Å². The van der Waals surface area contributed by atoms with Crippen molar-refractivity contribution in [3.8, 4) is 17.3 Å². The van der Waals surface area contributed by atoms with Crippen LogP contribution in [0.25, 0.3) is 27.6 Å². The van der Waals surface area contributed by atoms with Crippen molar-refractivity contribution in [2.45, 2.75) is 78.6 Å². The summed E-state index contributed by atoms with van der Waals surface area (Å²) in [5.74, 6) is 1.80. The molecule has 2 aromatic heterocycles. The average molecular weight is 973 g/mol. The maximum Gasteiger partial charge on any atom is 0.503 e. The van der Waals surface area contributed by atoms with Crippen LogP contribution in [0.4, 0.5) is 27.1 Å². The molecule has 0 spiro atoms. The molecule has 3 heterocycles. The first-order valence-electron chi connectivity index (χ1n) is 25.3. The van der Waals surface area contributed by atoms with Crippen molar-refractivity contribution in [1.29, 1.82) is 0 Å². The molecule has 0 amide bonds. The van der Waals surface area contributed by atoms with Gasteiger partial charge in [0.15, 0.2) is 8.07 Å². The third-order valence-electron chi connectivity index (χ3n) is 14.5. The van der Waals surface area contributed by atoms with E-state index in [9.17, 15) is 4.39 Å². The van der Waals surface area contributed by atoms with Crippen molar-refractivity contribution in [1.82, 2.24) is 18.7 Å². The number of ether oxygens (including phenoxy) is 1. The van der Waals surface area contributed by atoms with E-state index in [-0.39, 0.29) is 22.1 Å². The molecule has 0 radical (unpaired) electrons. The van der Waals surface area contributed by atoms with E-state index in [4.69, 9.17) is 9.72 Å². The molecule has 11 rings (SSSR count). The van der Waals surface area contributed by atoms with Crippen molar-refractivity contribution >= 4 is 79.4 Å². The molecule has 0 unspecified atom stereocenters. The molecular weight excluding hydrogens is 912 g/mol. The van der Waals surface area contributed by atoms with Crippen molar-refractivity contribution in [3.05, 3.63) is 229 Å². The molecule has 7 heteroatoms. The Kier molecular flexibility index (Phi) is 11.7. The maximum atomic E-state index is 14.9. The number of pyridine rings is 1. The van der Waals surface area contributed by atoms with Crippen LogP contribution in [0.15, 0.2) is 206 Å². The molecule has 1 aliphatic heterocycles. The third kappa shape index (κ3) is 8.52. The van der Waals surface area contributed by atoms with Gasteiger partial charge in [-0.05, 0) is 106 Å². The van der Waals surface area contributed by atoms with Crippen LogP contribution in [0.2, 0.25) is 0 Å². The number of hydrogen-bond donors (Lipinski definition) is 0. The summed E-state index contributed by atoms with van der Waals surface area (Å²) in [5.41, 5.74) is 9.21. The number of fused-ring (bicyclic) bond motifs is 4. The minimum absolute atomic E-state index is 0.0896. The average Bonchev–Trinajstić information content (AvgIpc) is 3.93. The Balaban J connectivity index is 1.12. The van der Waals surface area contributed by atoms with Crippen LogP contribution in [0.1, 0.15) is 79.0 Å². The summed E-state index contributed by atoms with van der Waals surface area (Å²) in [6, 6.07) is 74.8. The Hall–Kier alpha value is -7.96. The summed E-state index contributed by atoms with van der Waals surface area (Å²) >= 11 is 0. The largest absolute Gasteiger partial charge is 0.503 e. The highest BCUT2D eigenvalue weighted by Crippen LogP contribution is 2.41. The van der Waals surface area contributed by atoms with Crippen LogP contribution in [0, 0.1) is 5.82 Å². The Bertz CT molecular complexity index is 3690. The lowest BCUT2D eigenvalue weighted by atomic mass is 9.80. The number of rotatable bonds is 9.